The van der Waals surface area contributed by atoms with Crippen LogP contribution in [0.4, 0.5) is 0 Å². The van der Waals surface area contributed by atoms with Gasteiger partial charge in [-0.3, -0.25) is 0 Å². The van der Waals surface area contributed by atoms with E-state index in [4.69, 9.17) is 12.2 Å². The van der Waals surface area contributed by atoms with Crippen molar-refractivity contribution in [1.29, 1.82) is 0 Å². The van der Waals surface area contributed by atoms with Gasteiger partial charge in [-0.25, -0.2) is 0 Å². The molecule has 0 bridgehead atoms. The van der Waals surface area contributed by atoms with Crippen molar-refractivity contribution < 1.29 is 0 Å². The summed E-state index contributed by atoms with van der Waals surface area (Å²) < 4.78 is 0.403. The summed E-state index contributed by atoms with van der Waals surface area (Å²) in [6.07, 6.45) is 0. The van der Waals surface area contributed by atoms with Crippen LogP contribution in [0.25, 0.3) is 0 Å². The second-order valence-electron chi connectivity index (χ2n) is 3.28. The van der Waals surface area contributed by atoms with Crippen molar-refractivity contribution in [2.24, 2.45) is 0 Å². The minimum absolute atomic E-state index is 0.0492. The van der Waals surface area contributed by atoms with Gasteiger partial charge in [0, 0.05) is 5.54 Å². The minimum atomic E-state index is -0.0492. The fraction of sp³-hybridized carbons (Fsp3) is 0.800. The van der Waals surface area contributed by atoms with E-state index >= 15 is 0 Å². The fourth-order valence-corrected chi connectivity index (χ4v) is 0.733. The fourth-order valence-electron chi connectivity index (χ4n) is 0.606. The summed E-state index contributed by atoms with van der Waals surface area (Å²) in [5.74, 6) is 0. The van der Waals surface area contributed by atoms with E-state index in [2.05, 4.69) is 21.0 Å². The molecule has 1 aromatic heterocycles. The molecule has 1 heterocycles. The second kappa shape index (κ2) is 2.61. The molecule has 0 aromatic carbocycles. The van der Waals surface area contributed by atoms with Crippen LogP contribution in [-0.4, -0.2) is 25.9 Å². The molecule has 1 aromatic rings. The van der Waals surface area contributed by atoms with Gasteiger partial charge in [-0.05, 0) is 38.2 Å². The Kier molecular flexibility index (Phi) is 1.95. The van der Waals surface area contributed by atoms with Crippen LogP contribution in [0.15, 0.2) is 0 Å². The molecule has 6 heteroatoms. The number of rotatable bonds is 1. The number of hydrogen-bond acceptors (Lipinski definition) is 4. The molecule has 0 unspecified atom stereocenters. The number of aromatic nitrogens is 4. The highest BCUT2D eigenvalue weighted by atomic mass is 32.1. The predicted octanol–water partition coefficient (Wildman–Crippen LogP) is 0.678. The van der Waals surface area contributed by atoms with Gasteiger partial charge in [0.15, 0.2) is 0 Å². The third-order valence-electron chi connectivity index (χ3n) is 0.919. The molecular formula is C5H11N5S. The number of hydrogen-bond donors (Lipinski definition) is 2. The summed E-state index contributed by atoms with van der Waals surface area (Å²) in [7, 11) is 0. The lowest BCUT2D eigenvalue weighted by atomic mass is 10.1. The van der Waals surface area contributed by atoms with Gasteiger partial charge in [-0.2, -0.15) is 10.0 Å². The van der Waals surface area contributed by atoms with E-state index in [0.717, 1.165) is 0 Å². The molecule has 11 heavy (non-hydrogen) atoms. The van der Waals surface area contributed by atoms with Gasteiger partial charge in [0.05, 0.1) is 0 Å². The van der Waals surface area contributed by atoms with Crippen LogP contribution in [0.3, 0.4) is 0 Å². The van der Waals surface area contributed by atoms with E-state index in [1.165, 1.54) is 4.79 Å². The van der Waals surface area contributed by atoms with Crippen LogP contribution in [0.1, 0.15) is 20.8 Å². The normalized spacial score (nSPS) is 11.5. The first-order chi connectivity index (χ1) is 4.99. The predicted molar refractivity (Wildman–Crippen MR) is 44.3 cm³/mol. The van der Waals surface area contributed by atoms with Crippen molar-refractivity contribution in [3.05, 3.63) is 4.77 Å². The lowest BCUT2D eigenvalue weighted by molar-refractivity contribution is 0.514. The molecule has 0 spiro atoms. The summed E-state index contributed by atoms with van der Waals surface area (Å²) in [4.78, 5) is 1.51. The largest absolute Gasteiger partial charge is 0.302 e. The maximum Gasteiger partial charge on any atom is 0.258 e. The topological polar surface area (TPSA) is 58.5 Å². The molecule has 5 nitrogen and oxygen atoms in total. The summed E-state index contributed by atoms with van der Waals surface area (Å²) >= 11 is 4.85. The van der Waals surface area contributed by atoms with Crippen molar-refractivity contribution >= 4 is 12.2 Å². The van der Waals surface area contributed by atoms with E-state index in [-0.39, 0.29) is 5.54 Å². The zero-order chi connectivity index (χ0) is 8.48. The maximum atomic E-state index is 4.85. The van der Waals surface area contributed by atoms with Gasteiger partial charge in [0.25, 0.3) is 4.77 Å². The monoisotopic (exact) mass is 173 g/mol. The lowest BCUT2D eigenvalue weighted by Gasteiger charge is -2.20. The first kappa shape index (κ1) is 8.19. The SMILES string of the molecule is CC(C)(C)Nn1[nH]nnc1=S. The standard InChI is InChI=1S/C5H11N5S/c1-5(2,3)7-10-4(11)6-8-9-10/h7H,1-3H3,(H,6,9,11). The highest BCUT2D eigenvalue weighted by Gasteiger charge is 2.09. The van der Waals surface area contributed by atoms with Crippen molar-refractivity contribution in [2.75, 3.05) is 5.43 Å². The molecule has 1 rings (SSSR count). The first-order valence-electron chi connectivity index (χ1n) is 3.27. The Balaban J connectivity index is 2.80. The Morgan fingerprint density at radius 3 is 2.55 bits per heavy atom. The van der Waals surface area contributed by atoms with E-state index in [0.29, 0.717) is 4.77 Å². The molecule has 0 atom stereocenters. The molecule has 0 radical (unpaired) electrons. The van der Waals surface area contributed by atoms with Gasteiger partial charge in [0.1, 0.15) is 0 Å². The second-order valence-corrected chi connectivity index (χ2v) is 3.64. The molecule has 2 N–H and O–H groups in total. The Hall–Kier alpha value is -0.910. The van der Waals surface area contributed by atoms with E-state index in [1.807, 2.05) is 20.8 Å². The van der Waals surface area contributed by atoms with Crippen LogP contribution < -0.4 is 5.43 Å². The zero-order valence-electron chi connectivity index (χ0n) is 6.75. The number of aromatic amines is 1. The molecular weight excluding hydrogens is 162 g/mol. The van der Waals surface area contributed by atoms with Crippen LogP contribution in [-0.2, 0) is 0 Å². The maximum absolute atomic E-state index is 4.85. The highest BCUT2D eigenvalue weighted by Crippen LogP contribution is 1.99. The van der Waals surface area contributed by atoms with Crippen molar-refractivity contribution in [3.8, 4) is 0 Å². The summed E-state index contributed by atoms with van der Waals surface area (Å²) in [5.41, 5.74) is 3.01. The molecule has 0 aliphatic carbocycles. The van der Waals surface area contributed by atoms with Crippen molar-refractivity contribution in [2.45, 2.75) is 26.3 Å². The Bertz CT molecular complexity index is 280. The first-order valence-corrected chi connectivity index (χ1v) is 3.68. The summed E-state index contributed by atoms with van der Waals surface area (Å²) in [6, 6.07) is 0. The molecule has 0 fully saturated rings. The third kappa shape index (κ3) is 2.30. The summed E-state index contributed by atoms with van der Waals surface area (Å²) in [6.45, 7) is 6.07. The number of nitrogens with zero attached hydrogens (tertiary/aromatic N) is 3. The van der Waals surface area contributed by atoms with Gasteiger partial charge in [-0.1, -0.05) is 5.10 Å². The minimum Gasteiger partial charge on any atom is -0.302 e. The molecule has 62 valence electrons. The van der Waals surface area contributed by atoms with Crippen molar-refractivity contribution in [3.63, 3.8) is 0 Å². The Labute approximate surface area is 69.8 Å². The van der Waals surface area contributed by atoms with Gasteiger partial charge < -0.3 is 5.43 Å². The zero-order valence-corrected chi connectivity index (χ0v) is 7.57. The van der Waals surface area contributed by atoms with E-state index < -0.39 is 0 Å². The Morgan fingerprint density at radius 2 is 2.18 bits per heavy atom. The number of tetrazole rings is 1. The van der Waals surface area contributed by atoms with E-state index in [9.17, 15) is 0 Å². The van der Waals surface area contributed by atoms with E-state index in [1.54, 1.807) is 0 Å². The smallest absolute Gasteiger partial charge is 0.258 e. The molecule has 0 aliphatic rings. The third-order valence-corrected chi connectivity index (χ3v) is 1.18. The van der Waals surface area contributed by atoms with Crippen LogP contribution >= 0.6 is 12.2 Å². The highest BCUT2D eigenvalue weighted by molar-refractivity contribution is 7.71. The van der Waals surface area contributed by atoms with Crippen LogP contribution in [0.2, 0.25) is 0 Å². The molecule has 0 aliphatic heterocycles. The molecule has 0 saturated heterocycles. The average Bonchev–Trinajstić information content (AvgIpc) is 2.12. The van der Waals surface area contributed by atoms with Crippen LogP contribution in [0.5, 0.6) is 0 Å². The lowest BCUT2D eigenvalue weighted by Crippen LogP contribution is -2.34. The summed E-state index contributed by atoms with van der Waals surface area (Å²) in [5, 5.41) is 9.74. The number of H-pyrrole nitrogens is 1. The average molecular weight is 173 g/mol. The van der Waals surface area contributed by atoms with Crippen LogP contribution in [0, 0.1) is 4.77 Å². The number of nitrogens with one attached hydrogen (secondary N) is 2. The van der Waals surface area contributed by atoms with Gasteiger partial charge in [0.2, 0.25) is 0 Å². The van der Waals surface area contributed by atoms with Gasteiger partial charge >= 0.3 is 0 Å². The quantitative estimate of drug-likeness (QED) is 0.613. The van der Waals surface area contributed by atoms with Gasteiger partial charge in [-0.15, -0.1) is 0 Å². The molecule has 0 saturated carbocycles. The Morgan fingerprint density at radius 1 is 1.55 bits per heavy atom. The molecule has 0 amide bonds. The van der Waals surface area contributed by atoms with Crippen molar-refractivity contribution in [1.82, 2.24) is 20.3 Å².